The second-order valence-corrected chi connectivity index (χ2v) is 12.7. The topological polar surface area (TPSA) is 116 Å². The van der Waals surface area contributed by atoms with Crippen molar-refractivity contribution in [2.75, 3.05) is 17.2 Å². The SMILES string of the molecule is CC(C)(C)c1cccc(CN=C2CS(O)(O)C[C@@H](Cc3cc(F)c(N)c(C[C@H](O)C(F)(F)F)c3)C2=O)c1. The Kier molecular flexibility index (Phi) is 8.43. The lowest BCUT2D eigenvalue weighted by Crippen LogP contribution is -2.40. The fraction of sp³-hybridized carbons (Fsp3) is 0.462. The number of hydrogen-bond donors (Lipinski definition) is 4. The molecule has 0 saturated carbocycles. The van der Waals surface area contributed by atoms with Crippen molar-refractivity contribution in [3.63, 3.8) is 0 Å². The summed E-state index contributed by atoms with van der Waals surface area (Å²) in [6.07, 6.45) is -8.75. The maximum absolute atomic E-state index is 14.4. The predicted molar refractivity (Wildman–Crippen MR) is 138 cm³/mol. The highest BCUT2D eigenvalue weighted by atomic mass is 32.3. The number of halogens is 4. The van der Waals surface area contributed by atoms with Crippen molar-refractivity contribution in [3.8, 4) is 0 Å². The second kappa shape index (κ2) is 10.7. The smallest absolute Gasteiger partial charge is 0.396 e. The average Bonchev–Trinajstić information content (AvgIpc) is 2.77. The van der Waals surface area contributed by atoms with Crippen LogP contribution in [0.3, 0.4) is 0 Å². The van der Waals surface area contributed by atoms with Crippen molar-refractivity contribution in [1.82, 2.24) is 0 Å². The van der Waals surface area contributed by atoms with Crippen LogP contribution in [0.25, 0.3) is 0 Å². The van der Waals surface area contributed by atoms with Crippen molar-refractivity contribution >= 4 is 27.8 Å². The molecule has 1 aliphatic rings. The van der Waals surface area contributed by atoms with Crippen molar-refractivity contribution < 1.29 is 36.6 Å². The number of alkyl halides is 3. The minimum atomic E-state index is -4.91. The van der Waals surface area contributed by atoms with Gasteiger partial charge in [0.1, 0.15) is 5.82 Å². The van der Waals surface area contributed by atoms with Crippen LogP contribution >= 0.6 is 10.6 Å². The monoisotopic (exact) mass is 544 g/mol. The van der Waals surface area contributed by atoms with Crippen LogP contribution in [-0.4, -0.2) is 49.5 Å². The van der Waals surface area contributed by atoms with E-state index < -0.39 is 52.5 Å². The minimum absolute atomic E-state index is 0.0149. The molecule has 0 amide bonds. The number of aliphatic imine (C=N–C) groups is 1. The van der Waals surface area contributed by atoms with E-state index in [1.165, 1.54) is 6.07 Å². The highest BCUT2D eigenvalue weighted by Gasteiger charge is 2.39. The van der Waals surface area contributed by atoms with Crippen LogP contribution < -0.4 is 5.73 Å². The van der Waals surface area contributed by atoms with Crippen molar-refractivity contribution in [3.05, 3.63) is 64.5 Å². The van der Waals surface area contributed by atoms with Crippen LogP contribution in [-0.2, 0) is 29.6 Å². The molecule has 2 aromatic rings. The number of aliphatic hydroxyl groups excluding tert-OH is 1. The molecule has 1 aliphatic heterocycles. The van der Waals surface area contributed by atoms with E-state index in [0.29, 0.717) is 0 Å². The lowest BCUT2D eigenvalue weighted by molar-refractivity contribution is -0.203. The first-order chi connectivity index (χ1) is 17.0. The number of rotatable bonds is 6. The normalized spacial score (nSPS) is 21.2. The Labute approximate surface area is 215 Å². The van der Waals surface area contributed by atoms with Gasteiger partial charge >= 0.3 is 6.18 Å². The number of Topliss-reactive ketones (excluding diaryl/α,β-unsaturated/α-hetero) is 1. The van der Waals surface area contributed by atoms with Gasteiger partial charge in [0.25, 0.3) is 0 Å². The van der Waals surface area contributed by atoms with Crippen molar-refractivity contribution in [1.29, 1.82) is 0 Å². The molecular formula is C26H32F4N2O4S. The number of hydrogen-bond acceptors (Lipinski definition) is 6. The van der Waals surface area contributed by atoms with Crippen molar-refractivity contribution in [2.45, 2.75) is 57.9 Å². The van der Waals surface area contributed by atoms with Crippen LogP contribution in [0, 0.1) is 11.7 Å². The third kappa shape index (κ3) is 7.53. The molecule has 2 atom stereocenters. The summed E-state index contributed by atoms with van der Waals surface area (Å²) in [6, 6.07) is 9.91. The van der Waals surface area contributed by atoms with E-state index in [1.807, 2.05) is 24.3 Å². The number of nitrogens with two attached hydrogens (primary N) is 1. The van der Waals surface area contributed by atoms with Gasteiger partial charge in [0, 0.05) is 18.1 Å². The van der Waals surface area contributed by atoms with Gasteiger partial charge in [-0.15, -0.1) is 0 Å². The Morgan fingerprint density at radius 1 is 1.14 bits per heavy atom. The largest absolute Gasteiger partial charge is 0.414 e. The van der Waals surface area contributed by atoms with Gasteiger partial charge in [0.2, 0.25) is 0 Å². The van der Waals surface area contributed by atoms with E-state index >= 15 is 0 Å². The Morgan fingerprint density at radius 3 is 2.43 bits per heavy atom. The molecule has 2 aromatic carbocycles. The predicted octanol–water partition coefficient (Wildman–Crippen LogP) is 5.30. The quantitative estimate of drug-likeness (QED) is 0.291. The summed E-state index contributed by atoms with van der Waals surface area (Å²) in [6.45, 7) is 6.36. The number of anilines is 1. The van der Waals surface area contributed by atoms with Crippen LogP contribution in [0.15, 0.2) is 41.4 Å². The highest BCUT2D eigenvalue weighted by Crippen LogP contribution is 2.45. The van der Waals surface area contributed by atoms with Gasteiger partial charge in [-0.3, -0.25) is 18.9 Å². The van der Waals surface area contributed by atoms with Crippen molar-refractivity contribution in [2.24, 2.45) is 10.9 Å². The molecule has 0 spiro atoms. The number of nitrogen functional groups attached to an aromatic ring is 1. The fourth-order valence-electron chi connectivity index (χ4n) is 4.21. The zero-order valence-corrected chi connectivity index (χ0v) is 21.7. The van der Waals surface area contributed by atoms with E-state index in [0.717, 1.165) is 17.2 Å². The Balaban J connectivity index is 1.84. The van der Waals surface area contributed by atoms with Gasteiger partial charge in [-0.25, -0.2) is 4.39 Å². The zero-order chi connectivity index (χ0) is 27.8. The zero-order valence-electron chi connectivity index (χ0n) is 20.8. The molecule has 0 aromatic heterocycles. The number of carbonyl (C=O) groups excluding carboxylic acids is 1. The van der Waals surface area contributed by atoms with Gasteiger partial charge in [-0.05, 0) is 40.2 Å². The van der Waals surface area contributed by atoms with E-state index in [1.54, 1.807) is 0 Å². The second-order valence-electron chi connectivity index (χ2n) is 10.5. The number of aliphatic hydroxyl groups is 1. The maximum atomic E-state index is 14.4. The first-order valence-electron chi connectivity index (χ1n) is 11.7. The molecule has 3 rings (SSSR count). The molecule has 0 unspecified atom stereocenters. The lowest BCUT2D eigenvalue weighted by Gasteiger charge is -2.39. The molecule has 1 fully saturated rings. The first-order valence-corrected chi connectivity index (χ1v) is 13.6. The van der Waals surface area contributed by atoms with Crippen LogP contribution in [0.4, 0.5) is 23.2 Å². The van der Waals surface area contributed by atoms with Crippen LogP contribution in [0.1, 0.15) is 43.0 Å². The van der Waals surface area contributed by atoms with Gasteiger partial charge in [-0.2, -0.15) is 23.8 Å². The summed E-state index contributed by atoms with van der Waals surface area (Å²) in [5, 5.41) is 9.39. The Morgan fingerprint density at radius 2 is 1.81 bits per heavy atom. The number of carbonyl (C=O) groups is 1. The molecule has 0 bridgehead atoms. The van der Waals surface area contributed by atoms with E-state index in [-0.39, 0.29) is 46.7 Å². The first kappa shape index (κ1) is 29.1. The highest BCUT2D eigenvalue weighted by molar-refractivity contribution is 8.25. The maximum Gasteiger partial charge on any atom is 0.414 e. The molecule has 0 aliphatic carbocycles. The fourth-order valence-corrected chi connectivity index (χ4v) is 5.92. The molecular weight excluding hydrogens is 512 g/mol. The lowest BCUT2D eigenvalue weighted by atomic mass is 9.86. The Hall–Kier alpha value is -2.47. The van der Waals surface area contributed by atoms with E-state index in [9.17, 15) is 36.6 Å². The summed E-state index contributed by atoms with van der Waals surface area (Å²) in [7, 11) is -3.20. The molecule has 0 radical (unpaired) electrons. The number of benzene rings is 2. The number of ketones is 1. The summed E-state index contributed by atoms with van der Waals surface area (Å²) < 4.78 is 73.8. The summed E-state index contributed by atoms with van der Waals surface area (Å²) in [5.41, 5.74) is 6.83. The average molecular weight is 545 g/mol. The third-order valence-corrected chi connectivity index (χ3v) is 7.96. The summed E-state index contributed by atoms with van der Waals surface area (Å²) in [4.78, 5) is 17.5. The molecule has 11 heteroatoms. The molecule has 204 valence electrons. The van der Waals surface area contributed by atoms with Gasteiger partial charge in [0.05, 0.1) is 23.7 Å². The van der Waals surface area contributed by atoms with Crippen LogP contribution in [0.5, 0.6) is 0 Å². The molecule has 1 saturated heterocycles. The van der Waals surface area contributed by atoms with Crippen LogP contribution in [0.2, 0.25) is 0 Å². The Bertz CT molecular complexity index is 1190. The van der Waals surface area contributed by atoms with Gasteiger partial charge in [0.15, 0.2) is 11.9 Å². The van der Waals surface area contributed by atoms with Gasteiger partial charge < -0.3 is 10.8 Å². The number of nitrogens with zero attached hydrogens (tertiary/aromatic N) is 1. The molecule has 1 heterocycles. The standard InChI is InChI=1S/C26H32F4N2O4S/c1-25(2,3)19-6-4-5-15(9-19)12-32-21-14-37(35,36)13-18(24(21)34)8-16-7-17(23(31)20(27)10-16)11-22(33)26(28,29)30/h4-7,9-10,18,22,33,35-36H,8,11-14,31H2,1-3H3/t18-,22+/m1/s1. The summed E-state index contributed by atoms with van der Waals surface area (Å²) in [5.74, 6) is -2.92. The summed E-state index contributed by atoms with van der Waals surface area (Å²) >= 11 is 0. The van der Waals surface area contributed by atoms with E-state index in [2.05, 4.69) is 25.8 Å². The minimum Gasteiger partial charge on any atom is -0.396 e. The van der Waals surface area contributed by atoms with E-state index in [4.69, 9.17) is 5.73 Å². The van der Waals surface area contributed by atoms with Gasteiger partial charge in [-0.1, -0.05) is 51.1 Å². The molecule has 37 heavy (non-hydrogen) atoms. The molecule has 6 nitrogen and oxygen atoms in total. The third-order valence-electron chi connectivity index (χ3n) is 6.28. The molecule has 5 N–H and O–H groups in total.